The van der Waals surface area contributed by atoms with Gasteiger partial charge in [-0.2, -0.15) is 0 Å². The molecule has 4 aliphatic rings. The molecule has 4 aliphatic heterocycles. The lowest BCUT2D eigenvalue weighted by Crippen LogP contribution is -2.65. The van der Waals surface area contributed by atoms with Gasteiger partial charge in [-0.15, -0.1) is 0 Å². The van der Waals surface area contributed by atoms with Crippen LogP contribution in [-0.2, 0) is 37.9 Å². The van der Waals surface area contributed by atoms with E-state index >= 15 is 0 Å². The molecule has 0 amide bonds. The lowest BCUT2D eigenvalue weighted by atomic mass is 9.89. The average molecular weight is 647 g/mol. The Morgan fingerprint density at radius 1 is 0.568 bits per heavy atom. The molecule has 18 heteroatoms. The van der Waals surface area contributed by atoms with Crippen molar-refractivity contribution in [3.8, 4) is 0 Å². The van der Waals surface area contributed by atoms with Gasteiger partial charge in [0.05, 0.1) is 32.0 Å². The molecule has 4 heterocycles. The van der Waals surface area contributed by atoms with Crippen LogP contribution < -0.4 is 0 Å². The fraction of sp³-hybridized carbons (Fsp3) is 1.00. The number of aliphatic hydroxyl groups is 10. The Morgan fingerprint density at radius 2 is 1.02 bits per heavy atom. The molecule has 18 nitrogen and oxygen atoms in total. The lowest BCUT2D eigenvalue weighted by molar-refractivity contribution is -0.376. The van der Waals surface area contributed by atoms with Gasteiger partial charge in [0.1, 0.15) is 73.2 Å². The molecule has 4 fully saturated rings. The summed E-state index contributed by atoms with van der Waals surface area (Å²) in [7, 11) is 1.23. The Balaban J connectivity index is 1.37. The van der Waals surface area contributed by atoms with Gasteiger partial charge < -0.3 is 89.0 Å². The van der Waals surface area contributed by atoms with Gasteiger partial charge in [0.2, 0.25) is 0 Å². The van der Waals surface area contributed by atoms with Gasteiger partial charge in [-0.3, -0.25) is 0 Å². The average Bonchev–Trinajstić information content (AvgIpc) is 3.02. The third-order valence-electron chi connectivity index (χ3n) is 8.66. The van der Waals surface area contributed by atoms with Gasteiger partial charge in [-0.25, -0.2) is 0 Å². The van der Waals surface area contributed by atoms with E-state index in [0.29, 0.717) is 6.42 Å². The van der Waals surface area contributed by atoms with Gasteiger partial charge in [-0.05, 0) is 6.42 Å². The summed E-state index contributed by atoms with van der Waals surface area (Å²) in [6, 6.07) is 0. The van der Waals surface area contributed by atoms with Crippen LogP contribution in [0.5, 0.6) is 0 Å². The summed E-state index contributed by atoms with van der Waals surface area (Å²) in [5.74, 6) is -0.407. The first-order valence-corrected chi connectivity index (χ1v) is 14.6. The van der Waals surface area contributed by atoms with E-state index in [-0.39, 0.29) is 0 Å². The summed E-state index contributed by atoms with van der Waals surface area (Å²) >= 11 is 0. The maximum absolute atomic E-state index is 10.9. The molecule has 10 N–H and O–H groups in total. The first kappa shape index (κ1) is 36.1. The minimum Gasteiger partial charge on any atom is -0.394 e. The largest absolute Gasteiger partial charge is 0.394 e. The first-order chi connectivity index (χ1) is 20.9. The topological polar surface area (TPSA) is 276 Å². The monoisotopic (exact) mass is 646 g/mol. The summed E-state index contributed by atoms with van der Waals surface area (Å²) in [4.78, 5) is 0. The summed E-state index contributed by atoms with van der Waals surface area (Å²) in [6.45, 7) is 1.69. The molecule has 0 spiro atoms. The van der Waals surface area contributed by atoms with Crippen LogP contribution >= 0.6 is 0 Å². The van der Waals surface area contributed by atoms with Crippen LogP contribution in [0, 0.1) is 5.92 Å². The molecule has 44 heavy (non-hydrogen) atoms. The Bertz CT molecular complexity index is 880. The van der Waals surface area contributed by atoms with Crippen molar-refractivity contribution < 1.29 is 89.0 Å². The zero-order valence-electron chi connectivity index (χ0n) is 24.5. The second kappa shape index (κ2) is 15.5. The summed E-state index contributed by atoms with van der Waals surface area (Å²) in [6.07, 6.45) is -25.5. The predicted octanol–water partition coefficient (Wildman–Crippen LogP) is -5.76. The second-order valence-electron chi connectivity index (χ2n) is 11.5. The molecule has 0 saturated carbocycles. The number of hydrogen-bond acceptors (Lipinski definition) is 18. The molecule has 0 bridgehead atoms. The second-order valence-corrected chi connectivity index (χ2v) is 11.5. The van der Waals surface area contributed by atoms with Gasteiger partial charge in [0, 0.05) is 13.0 Å². The third-order valence-corrected chi connectivity index (χ3v) is 8.66. The van der Waals surface area contributed by atoms with Crippen LogP contribution in [0.25, 0.3) is 0 Å². The van der Waals surface area contributed by atoms with E-state index in [1.54, 1.807) is 6.92 Å². The highest BCUT2D eigenvalue weighted by molar-refractivity contribution is 4.95. The van der Waals surface area contributed by atoms with Crippen molar-refractivity contribution >= 4 is 0 Å². The number of rotatable bonds is 10. The Kier molecular flexibility index (Phi) is 12.7. The zero-order valence-corrected chi connectivity index (χ0v) is 24.5. The van der Waals surface area contributed by atoms with Crippen molar-refractivity contribution in [2.75, 3.05) is 26.9 Å². The molecule has 4 rings (SSSR count). The fourth-order valence-corrected chi connectivity index (χ4v) is 5.89. The van der Waals surface area contributed by atoms with Crippen LogP contribution in [0.4, 0.5) is 0 Å². The number of aliphatic hydroxyl groups excluding tert-OH is 10. The van der Waals surface area contributed by atoms with Crippen molar-refractivity contribution in [1.82, 2.24) is 0 Å². The molecular formula is C26H46O18. The Morgan fingerprint density at radius 3 is 1.57 bits per heavy atom. The van der Waals surface area contributed by atoms with E-state index in [4.69, 9.17) is 37.9 Å². The molecule has 0 aliphatic carbocycles. The van der Waals surface area contributed by atoms with E-state index in [1.165, 1.54) is 7.11 Å². The Hall–Kier alpha value is -0.720. The molecule has 0 aromatic carbocycles. The summed E-state index contributed by atoms with van der Waals surface area (Å²) < 4.78 is 44.0. The van der Waals surface area contributed by atoms with Gasteiger partial charge in [0.15, 0.2) is 25.2 Å². The van der Waals surface area contributed by atoms with Crippen molar-refractivity contribution in [3.63, 3.8) is 0 Å². The SMILES string of the molecule is CCC1OC(OC2C(CO)OC(OC3COC(OC4C(CO)OC(OC)C(O)C4O)C(O)C3O)C(O)C2O)C(O)C(O)C1C. The molecule has 19 unspecified atom stereocenters. The highest BCUT2D eigenvalue weighted by Gasteiger charge is 2.53. The minimum atomic E-state index is -1.82. The summed E-state index contributed by atoms with van der Waals surface area (Å²) in [5.41, 5.74) is 0. The van der Waals surface area contributed by atoms with Crippen LogP contribution in [-0.4, -0.2) is 189 Å². The van der Waals surface area contributed by atoms with Crippen molar-refractivity contribution in [3.05, 3.63) is 0 Å². The smallest absolute Gasteiger partial charge is 0.187 e. The number of methoxy groups -OCH3 is 1. The molecule has 0 aromatic heterocycles. The van der Waals surface area contributed by atoms with Crippen molar-refractivity contribution in [2.45, 2.75) is 131 Å². The Labute approximate surface area is 253 Å². The normalized spacial score (nSPS) is 52.2. The molecule has 19 atom stereocenters. The van der Waals surface area contributed by atoms with E-state index in [0.717, 1.165) is 0 Å². The van der Waals surface area contributed by atoms with E-state index in [9.17, 15) is 51.1 Å². The van der Waals surface area contributed by atoms with Gasteiger partial charge in [0.25, 0.3) is 0 Å². The molecular weight excluding hydrogens is 600 g/mol. The fourth-order valence-electron chi connectivity index (χ4n) is 5.89. The first-order valence-electron chi connectivity index (χ1n) is 14.6. The lowest BCUT2D eigenvalue weighted by Gasteiger charge is -2.48. The number of hydrogen-bond donors (Lipinski definition) is 10. The highest BCUT2D eigenvalue weighted by Crippen LogP contribution is 2.34. The maximum Gasteiger partial charge on any atom is 0.187 e. The highest BCUT2D eigenvalue weighted by atomic mass is 16.8. The number of ether oxygens (including phenoxy) is 8. The van der Waals surface area contributed by atoms with Gasteiger partial charge in [-0.1, -0.05) is 13.8 Å². The molecule has 0 radical (unpaired) electrons. The zero-order chi connectivity index (χ0) is 32.5. The van der Waals surface area contributed by atoms with Gasteiger partial charge >= 0.3 is 0 Å². The minimum absolute atomic E-state index is 0.407. The van der Waals surface area contributed by atoms with E-state index in [1.807, 2.05) is 6.92 Å². The quantitative estimate of drug-likeness (QED) is 0.106. The maximum atomic E-state index is 10.9. The standard InChI is InChI=1S/C26H46O18/c1-4-9-8(2)13(29)17(33)26(39-9)44-22-11(6-28)41-25(20(36)16(22)32)42-12-7-38-24(18(34)14(12)30)43-21-10(5-27)40-23(37-3)19(35)15(21)31/h8-36H,4-7H2,1-3H3. The summed E-state index contributed by atoms with van der Waals surface area (Å²) in [5, 5.41) is 104. The molecule has 0 aromatic rings. The molecule has 4 saturated heterocycles. The van der Waals surface area contributed by atoms with E-state index < -0.39 is 136 Å². The van der Waals surface area contributed by atoms with Crippen molar-refractivity contribution in [1.29, 1.82) is 0 Å². The van der Waals surface area contributed by atoms with Crippen LogP contribution in [0.2, 0.25) is 0 Å². The van der Waals surface area contributed by atoms with Crippen LogP contribution in [0.1, 0.15) is 20.3 Å². The van der Waals surface area contributed by atoms with E-state index in [2.05, 4.69) is 0 Å². The molecule has 258 valence electrons. The van der Waals surface area contributed by atoms with Crippen molar-refractivity contribution in [2.24, 2.45) is 5.92 Å². The van der Waals surface area contributed by atoms with Crippen LogP contribution in [0.15, 0.2) is 0 Å². The predicted molar refractivity (Wildman–Crippen MR) is 139 cm³/mol. The third kappa shape index (κ3) is 7.23. The van der Waals surface area contributed by atoms with Crippen LogP contribution in [0.3, 0.4) is 0 Å².